The Morgan fingerprint density at radius 1 is 0.769 bits per heavy atom. The highest BCUT2D eigenvalue weighted by molar-refractivity contribution is 6.74. The molecule has 0 saturated heterocycles. The van der Waals surface area contributed by atoms with Gasteiger partial charge >= 0.3 is 0 Å². The highest BCUT2D eigenvalue weighted by Crippen LogP contribution is 2.57. The van der Waals surface area contributed by atoms with Gasteiger partial charge in [0.25, 0.3) is 0 Å². The van der Waals surface area contributed by atoms with E-state index in [4.69, 9.17) is 13.6 Å². The molecule has 1 aliphatic rings. The molecule has 0 bridgehead atoms. The van der Waals surface area contributed by atoms with Crippen LogP contribution in [0.4, 0.5) is 0 Å². The number of benzene rings is 1. The summed E-state index contributed by atoms with van der Waals surface area (Å²) < 4.78 is 19.3. The Balaban J connectivity index is 2.42. The van der Waals surface area contributed by atoms with Crippen LogP contribution in [0.25, 0.3) is 0 Å². The van der Waals surface area contributed by atoms with Gasteiger partial charge in [0.2, 0.25) is 0 Å². The van der Waals surface area contributed by atoms with Crippen molar-refractivity contribution in [3.05, 3.63) is 29.3 Å². The quantitative estimate of drug-likeness (QED) is 0.512. The van der Waals surface area contributed by atoms with Gasteiger partial charge in [0.05, 0.1) is 7.11 Å². The summed E-state index contributed by atoms with van der Waals surface area (Å²) in [6.45, 7) is 23.0. The summed E-state index contributed by atoms with van der Waals surface area (Å²) in [4.78, 5) is 0. The summed E-state index contributed by atoms with van der Waals surface area (Å²) in [5.74, 6) is 0.918. The molecule has 0 amide bonds. The van der Waals surface area contributed by atoms with Crippen LogP contribution in [0, 0.1) is 0 Å². The molecule has 1 aliphatic carbocycles. The average molecular weight is 395 g/mol. The van der Waals surface area contributed by atoms with Gasteiger partial charge in [0.1, 0.15) is 18.0 Å². The predicted molar refractivity (Wildman–Crippen MR) is 115 cm³/mol. The molecule has 0 heterocycles. The maximum absolute atomic E-state index is 6.83. The van der Waals surface area contributed by atoms with Gasteiger partial charge in [-0.15, -0.1) is 0 Å². The van der Waals surface area contributed by atoms with Crippen LogP contribution in [0.15, 0.2) is 18.2 Å². The first-order valence-corrected chi connectivity index (χ1v) is 15.5. The van der Waals surface area contributed by atoms with E-state index in [1.165, 1.54) is 11.1 Å². The smallest absolute Gasteiger partial charge is 0.193 e. The third-order valence-electron chi connectivity index (χ3n) is 6.64. The summed E-state index contributed by atoms with van der Waals surface area (Å²) in [7, 11) is -2.09. The molecule has 0 aliphatic heterocycles. The van der Waals surface area contributed by atoms with Gasteiger partial charge in [-0.3, -0.25) is 0 Å². The number of methoxy groups -OCH3 is 1. The molecule has 26 heavy (non-hydrogen) atoms. The minimum Gasteiger partial charge on any atom is -0.496 e. The molecule has 0 radical (unpaired) electrons. The zero-order valence-corrected chi connectivity index (χ0v) is 20.6. The van der Waals surface area contributed by atoms with Crippen molar-refractivity contribution in [1.82, 2.24) is 0 Å². The van der Waals surface area contributed by atoms with Gasteiger partial charge in [-0.1, -0.05) is 53.7 Å². The molecule has 2 rings (SSSR count). The summed E-state index contributed by atoms with van der Waals surface area (Å²) in [5.41, 5.74) is 2.42. The molecule has 1 aromatic rings. The lowest BCUT2D eigenvalue weighted by molar-refractivity contribution is 0.00201. The largest absolute Gasteiger partial charge is 0.496 e. The van der Waals surface area contributed by atoms with E-state index in [9.17, 15) is 0 Å². The van der Waals surface area contributed by atoms with Crippen molar-refractivity contribution in [3.63, 3.8) is 0 Å². The molecule has 0 fully saturated rings. The topological polar surface area (TPSA) is 27.7 Å². The van der Waals surface area contributed by atoms with E-state index in [0.29, 0.717) is 0 Å². The van der Waals surface area contributed by atoms with E-state index in [0.717, 1.165) is 5.75 Å². The van der Waals surface area contributed by atoms with Crippen molar-refractivity contribution < 1.29 is 13.6 Å². The first-order valence-electron chi connectivity index (χ1n) is 9.65. The van der Waals surface area contributed by atoms with Crippen molar-refractivity contribution in [2.24, 2.45) is 0 Å². The Hall–Kier alpha value is -0.626. The molecule has 0 aromatic heterocycles. The molecule has 148 valence electrons. The van der Waals surface area contributed by atoms with Crippen molar-refractivity contribution in [1.29, 1.82) is 0 Å². The fraction of sp³-hybridized carbons (Fsp3) is 0.714. The molecular formula is C21H38O3Si2. The molecule has 0 unspecified atom stereocenters. The zero-order valence-electron chi connectivity index (χ0n) is 18.6. The maximum atomic E-state index is 6.83. The number of hydrogen-bond donors (Lipinski definition) is 0. The first kappa shape index (κ1) is 21.7. The van der Waals surface area contributed by atoms with Crippen molar-refractivity contribution in [3.8, 4) is 5.75 Å². The Labute approximate surface area is 162 Å². The SMILES string of the molecule is COc1cccc2c1[C@@H](O[Si](C)(C)C(C)(C)C)[C@@H]2O[Si](C)(C)C(C)(C)C. The van der Waals surface area contributed by atoms with Crippen LogP contribution in [0.5, 0.6) is 5.75 Å². The molecule has 3 nitrogen and oxygen atoms in total. The van der Waals surface area contributed by atoms with Gasteiger partial charge < -0.3 is 13.6 Å². The van der Waals surface area contributed by atoms with Crippen LogP contribution in [0.2, 0.25) is 36.3 Å². The van der Waals surface area contributed by atoms with Crippen LogP contribution in [0.1, 0.15) is 64.9 Å². The number of fused-ring (bicyclic) bond motifs is 1. The van der Waals surface area contributed by atoms with E-state index in [1.807, 2.05) is 6.07 Å². The molecule has 5 heteroatoms. The van der Waals surface area contributed by atoms with Crippen LogP contribution < -0.4 is 4.74 Å². The van der Waals surface area contributed by atoms with E-state index in [1.54, 1.807) is 7.11 Å². The summed E-state index contributed by atoms with van der Waals surface area (Å²) in [6.07, 6.45) is -0.0220. The summed E-state index contributed by atoms with van der Waals surface area (Å²) in [5, 5.41) is 0.329. The molecule has 1 aromatic carbocycles. The average Bonchev–Trinajstić information content (AvgIpc) is 2.47. The minimum atomic E-state index is -1.93. The summed E-state index contributed by atoms with van der Waals surface area (Å²) >= 11 is 0. The second-order valence-electron chi connectivity index (χ2n) is 10.6. The second kappa shape index (κ2) is 6.76. The Morgan fingerprint density at radius 2 is 1.23 bits per heavy atom. The molecule has 2 atom stereocenters. The van der Waals surface area contributed by atoms with Gasteiger partial charge in [0.15, 0.2) is 16.6 Å². The van der Waals surface area contributed by atoms with E-state index >= 15 is 0 Å². The van der Waals surface area contributed by atoms with Gasteiger partial charge in [-0.25, -0.2) is 0 Å². The molecule has 0 saturated carbocycles. The van der Waals surface area contributed by atoms with E-state index in [-0.39, 0.29) is 22.3 Å². The molecule has 0 N–H and O–H groups in total. The standard InChI is InChI=1S/C21H38O3Si2/c1-20(2,3)25(8,9)23-18-15-13-12-14-16(22-7)17(15)19(18)24-26(10,11)21(4,5)6/h12-14,18-19H,1-11H3/t18-,19-/m1/s1. The Kier molecular flexibility index (Phi) is 5.64. The van der Waals surface area contributed by atoms with Gasteiger partial charge in [0, 0.05) is 5.56 Å². The first-order chi connectivity index (χ1) is 11.6. The van der Waals surface area contributed by atoms with Gasteiger partial charge in [-0.05, 0) is 47.9 Å². The molecule has 0 spiro atoms. The minimum absolute atomic E-state index is 0.00937. The van der Waals surface area contributed by atoms with Crippen LogP contribution in [-0.4, -0.2) is 23.7 Å². The normalized spacial score (nSPS) is 21.2. The number of rotatable bonds is 5. The molecular weight excluding hydrogens is 356 g/mol. The van der Waals surface area contributed by atoms with Crippen molar-refractivity contribution in [2.75, 3.05) is 7.11 Å². The fourth-order valence-electron chi connectivity index (χ4n) is 2.74. The zero-order chi connectivity index (χ0) is 20.1. The van der Waals surface area contributed by atoms with Crippen LogP contribution >= 0.6 is 0 Å². The van der Waals surface area contributed by atoms with E-state index in [2.05, 4.69) is 79.9 Å². The van der Waals surface area contributed by atoms with Crippen LogP contribution in [0.3, 0.4) is 0 Å². The van der Waals surface area contributed by atoms with Crippen molar-refractivity contribution >= 4 is 16.6 Å². The highest BCUT2D eigenvalue weighted by atomic mass is 28.4. The Morgan fingerprint density at radius 3 is 1.65 bits per heavy atom. The lowest BCUT2D eigenvalue weighted by atomic mass is 9.82. The third-order valence-corrected chi connectivity index (χ3v) is 15.6. The monoisotopic (exact) mass is 394 g/mol. The predicted octanol–water partition coefficient (Wildman–Crippen LogP) is 6.83. The third kappa shape index (κ3) is 3.82. The van der Waals surface area contributed by atoms with Crippen molar-refractivity contribution in [2.45, 2.75) is 90.0 Å². The van der Waals surface area contributed by atoms with E-state index < -0.39 is 16.6 Å². The highest BCUT2D eigenvalue weighted by Gasteiger charge is 2.51. The number of ether oxygens (including phenoxy) is 1. The maximum Gasteiger partial charge on any atom is 0.193 e. The van der Waals surface area contributed by atoms with Crippen LogP contribution in [-0.2, 0) is 8.85 Å². The second-order valence-corrected chi connectivity index (χ2v) is 20.1. The fourth-order valence-corrected chi connectivity index (χ4v) is 5.21. The number of hydrogen-bond acceptors (Lipinski definition) is 3. The summed E-state index contributed by atoms with van der Waals surface area (Å²) in [6, 6.07) is 6.26. The lowest BCUT2D eigenvalue weighted by Crippen LogP contribution is -2.49. The lowest BCUT2D eigenvalue weighted by Gasteiger charge is -2.50. The Bertz CT molecular complexity index is 654. The van der Waals surface area contributed by atoms with Gasteiger partial charge in [-0.2, -0.15) is 0 Å².